The van der Waals surface area contributed by atoms with Crippen LogP contribution in [-0.4, -0.2) is 71.9 Å². The van der Waals surface area contributed by atoms with Crippen molar-refractivity contribution in [2.75, 3.05) is 0 Å². The first-order valence-electron chi connectivity index (χ1n) is 12.5. The van der Waals surface area contributed by atoms with Gasteiger partial charge >= 0.3 is 30.3 Å². The lowest BCUT2D eigenvalue weighted by atomic mass is 9.85. The molecule has 0 aromatic carbocycles. The van der Waals surface area contributed by atoms with Crippen LogP contribution >= 0.6 is 0 Å². The highest BCUT2D eigenvalue weighted by Gasteiger charge is 2.60. The molecule has 15 heteroatoms. The maximum atomic E-state index is 12.7. The molecule has 1 N–H and O–H groups in total. The van der Waals surface area contributed by atoms with Crippen molar-refractivity contribution in [3.05, 3.63) is 0 Å². The van der Waals surface area contributed by atoms with E-state index in [-0.39, 0.29) is 37.5 Å². The van der Waals surface area contributed by atoms with Crippen molar-refractivity contribution in [3.8, 4) is 0 Å². The summed E-state index contributed by atoms with van der Waals surface area (Å²) in [4.78, 5) is 36.8. The highest BCUT2D eigenvalue weighted by Crippen LogP contribution is 2.41. The minimum atomic E-state index is -5.83. The minimum Gasteiger partial charge on any atom is -0.456 e. The van der Waals surface area contributed by atoms with Gasteiger partial charge in [0, 0.05) is 19.3 Å². The van der Waals surface area contributed by atoms with E-state index >= 15 is 0 Å². The Labute approximate surface area is 220 Å². The zero-order valence-electron chi connectivity index (χ0n) is 21.8. The molecule has 39 heavy (non-hydrogen) atoms. The molecular weight excluding hydrogens is 546 g/mol. The fourth-order valence-electron chi connectivity index (χ4n) is 5.01. The van der Waals surface area contributed by atoms with Gasteiger partial charge in [0.25, 0.3) is 6.10 Å². The SMILES string of the molecule is CC(CC(C)(C)C)C(=O)OC1C(=O)OC2CC(OC3(O)CCC(C(=O)OC(C(F)(F)F)C(F)(F)F)CC3)OC21. The molecule has 224 valence electrons. The van der Waals surface area contributed by atoms with Crippen LogP contribution in [0.4, 0.5) is 26.3 Å². The third kappa shape index (κ3) is 7.97. The summed E-state index contributed by atoms with van der Waals surface area (Å²) in [5.41, 5.74) is -0.163. The zero-order chi connectivity index (χ0) is 29.6. The van der Waals surface area contributed by atoms with E-state index in [0.29, 0.717) is 6.42 Å². The molecule has 1 aliphatic carbocycles. The van der Waals surface area contributed by atoms with E-state index in [0.717, 1.165) is 0 Å². The molecular formula is C24H32F6O9. The van der Waals surface area contributed by atoms with Gasteiger partial charge in [0.1, 0.15) is 12.2 Å². The maximum Gasteiger partial charge on any atom is 0.434 e. The topological polar surface area (TPSA) is 118 Å². The van der Waals surface area contributed by atoms with E-state index in [4.69, 9.17) is 18.9 Å². The first kappa shape index (κ1) is 31.4. The largest absolute Gasteiger partial charge is 0.456 e. The van der Waals surface area contributed by atoms with Crippen LogP contribution in [0.5, 0.6) is 0 Å². The maximum absolute atomic E-state index is 12.7. The van der Waals surface area contributed by atoms with Gasteiger partial charge in [-0.15, -0.1) is 0 Å². The number of carbonyl (C=O) groups excluding carboxylic acids is 3. The number of carbonyl (C=O) groups is 3. The molecule has 0 aromatic heterocycles. The monoisotopic (exact) mass is 578 g/mol. The van der Waals surface area contributed by atoms with Crippen molar-refractivity contribution in [3.63, 3.8) is 0 Å². The van der Waals surface area contributed by atoms with Crippen LogP contribution in [0, 0.1) is 17.3 Å². The lowest BCUT2D eigenvalue weighted by molar-refractivity contribution is -0.317. The molecule has 0 spiro atoms. The van der Waals surface area contributed by atoms with Gasteiger partial charge < -0.3 is 28.8 Å². The summed E-state index contributed by atoms with van der Waals surface area (Å²) < 4.78 is 102. The van der Waals surface area contributed by atoms with Gasteiger partial charge in [0.15, 0.2) is 12.1 Å². The number of hydrogen-bond acceptors (Lipinski definition) is 9. The van der Waals surface area contributed by atoms with Crippen molar-refractivity contribution in [1.82, 2.24) is 0 Å². The molecule has 5 atom stereocenters. The summed E-state index contributed by atoms with van der Waals surface area (Å²) in [6.45, 7) is 7.51. The normalized spacial score (nSPS) is 32.5. The van der Waals surface area contributed by atoms with Gasteiger partial charge in [-0.25, -0.2) is 4.79 Å². The fraction of sp³-hybridized carbons (Fsp3) is 0.875. The van der Waals surface area contributed by atoms with Crippen molar-refractivity contribution in [2.24, 2.45) is 17.3 Å². The quantitative estimate of drug-likeness (QED) is 0.208. The van der Waals surface area contributed by atoms with Crippen LogP contribution in [0.2, 0.25) is 0 Å². The number of alkyl halides is 6. The Hall–Kier alpha value is -2.13. The summed E-state index contributed by atoms with van der Waals surface area (Å²) >= 11 is 0. The van der Waals surface area contributed by atoms with E-state index in [1.807, 2.05) is 20.8 Å². The van der Waals surface area contributed by atoms with Crippen molar-refractivity contribution < 1.29 is 69.5 Å². The van der Waals surface area contributed by atoms with E-state index in [1.165, 1.54) is 0 Å². The van der Waals surface area contributed by atoms with Crippen molar-refractivity contribution in [2.45, 2.75) is 115 Å². The molecule has 3 aliphatic rings. The van der Waals surface area contributed by atoms with Gasteiger partial charge in [-0.1, -0.05) is 27.7 Å². The third-order valence-corrected chi connectivity index (χ3v) is 6.74. The number of rotatable bonds is 7. The predicted molar refractivity (Wildman–Crippen MR) is 116 cm³/mol. The van der Waals surface area contributed by atoms with Crippen LogP contribution in [0.25, 0.3) is 0 Å². The molecule has 0 amide bonds. The summed E-state index contributed by atoms with van der Waals surface area (Å²) in [5.74, 6) is -6.80. The molecule has 0 bridgehead atoms. The standard InChI is InChI=1S/C24H32F6O9/c1-11(10-21(2,3)4)17(31)37-16-15-13(35-19(16)33)9-14(36-15)39-22(34)7-5-12(6-8-22)18(32)38-20(23(25,26)27)24(28,29)30/h11-16,20,34H,5-10H2,1-4H3. The molecule has 3 rings (SSSR count). The number of halogens is 6. The number of aliphatic hydroxyl groups is 1. The minimum absolute atomic E-state index is 0.0192. The summed E-state index contributed by atoms with van der Waals surface area (Å²) in [6.07, 6.45) is -20.9. The second-order valence-corrected chi connectivity index (χ2v) is 11.5. The Bertz CT molecular complexity index is 907. The molecule has 2 aliphatic heterocycles. The second kappa shape index (κ2) is 11.0. The highest BCUT2D eigenvalue weighted by atomic mass is 19.4. The number of ether oxygens (including phenoxy) is 5. The average Bonchev–Trinajstić information content (AvgIpc) is 3.26. The predicted octanol–water partition coefficient (Wildman–Crippen LogP) is 3.94. The van der Waals surface area contributed by atoms with E-state index in [2.05, 4.69) is 4.74 Å². The molecule has 2 saturated heterocycles. The lowest BCUT2D eigenvalue weighted by Gasteiger charge is -2.37. The van der Waals surface area contributed by atoms with Crippen molar-refractivity contribution in [1.29, 1.82) is 0 Å². The lowest BCUT2D eigenvalue weighted by Crippen LogP contribution is -2.47. The average molecular weight is 578 g/mol. The number of fused-ring (bicyclic) bond motifs is 1. The van der Waals surface area contributed by atoms with Crippen molar-refractivity contribution >= 4 is 17.9 Å². The molecule has 3 fully saturated rings. The Morgan fingerprint density at radius 1 is 1.08 bits per heavy atom. The molecule has 2 heterocycles. The van der Waals surface area contributed by atoms with Gasteiger partial charge in [0.05, 0.1) is 11.8 Å². The Morgan fingerprint density at radius 2 is 1.64 bits per heavy atom. The number of hydrogen-bond donors (Lipinski definition) is 1. The van der Waals surface area contributed by atoms with E-state index in [1.54, 1.807) is 6.92 Å². The molecule has 1 saturated carbocycles. The summed E-state index contributed by atoms with van der Waals surface area (Å²) in [5, 5.41) is 10.8. The Kier molecular flexibility index (Phi) is 8.88. The molecule has 9 nitrogen and oxygen atoms in total. The summed E-state index contributed by atoms with van der Waals surface area (Å²) in [7, 11) is 0. The zero-order valence-corrected chi connectivity index (χ0v) is 21.8. The van der Waals surface area contributed by atoms with E-state index < -0.39 is 78.6 Å². The molecule has 0 radical (unpaired) electrons. The van der Waals surface area contributed by atoms with Gasteiger partial charge in [-0.05, 0) is 24.7 Å². The van der Waals surface area contributed by atoms with Crippen LogP contribution in [-0.2, 0) is 38.1 Å². The third-order valence-electron chi connectivity index (χ3n) is 6.74. The van der Waals surface area contributed by atoms with Crippen LogP contribution < -0.4 is 0 Å². The van der Waals surface area contributed by atoms with Gasteiger partial charge in [0.2, 0.25) is 6.10 Å². The summed E-state index contributed by atoms with van der Waals surface area (Å²) in [6, 6.07) is 0. The number of esters is 3. The Balaban J connectivity index is 1.52. The smallest absolute Gasteiger partial charge is 0.434 e. The van der Waals surface area contributed by atoms with Gasteiger partial charge in [-0.3, -0.25) is 9.59 Å². The first-order valence-corrected chi connectivity index (χ1v) is 12.5. The molecule has 0 aromatic rings. The second-order valence-electron chi connectivity index (χ2n) is 11.5. The van der Waals surface area contributed by atoms with E-state index in [9.17, 15) is 45.8 Å². The van der Waals surface area contributed by atoms with Crippen LogP contribution in [0.3, 0.4) is 0 Å². The highest BCUT2D eigenvalue weighted by molar-refractivity contribution is 5.82. The Morgan fingerprint density at radius 3 is 2.15 bits per heavy atom. The van der Waals surface area contributed by atoms with Gasteiger partial charge in [-0.2, -0.15) is 26.3 Å². The first-order chi connectivity index (χ1) is 17.7. The fourth-order valence-corrected chi connectivity index (χ4v) is 5.01. The van der Waals surface area contributed by atoms with Crippen LogP contribution in [0.15, 0.2) is 0 Å². The molecule has 5 unspecified atom stereocenters. The van der Waals surface area contributed by atoms with Crippen LogP contribution in [0.1, 0.15) is 66.2 Å².